The lowest BCUT2D eigenvalue weighted by molar-refractivity contribution is 0.0934. The van der Waals surface area contributed by atoms with E-state index in [1.165, 1.54) is 0 Å². The first-order chi connectivity index (χ1) is 11.8. The van der Waals surface area contributed by atoms with Crippen molar-refractivity contribution in [2.45, 2.75) is 9.96 Å². The highest BCUT2D eigenvalue weighted by atomic mass is 35.6. The number of carbonyl (C=O) groups excluding carboxylic acids is 1. The van der Waals surface area contributed by atoms with Crippen LogP contribution in [0.25, 0.3) is 0 Å². The molecule has 0 bridgehead atoms. The van der Waals surface area contributed by atoms with Gasteiger partial charge < -0.3 is 16.0 Å². The van der Waals surface area contributed by atoms with Gasteiger partial charge in [-0.2, -0.15) is 0 Å². The molecule has 0 saturated carbocycles. The minimum atomic E-state index is -1.82. The lowest BCUT2D eigenvalue weighted by Crippen LogP contribution is -2.56. The number of rotatable bonds is 4. The molecule has 0 aromatic heterocycles. The van der Waals surface area contributed by atoms with Gasteiger partial charge in [-0.15, -0.1) is 0 Å². The zero-order valence-corrected chi connectivity index (χ0v) is 16.4. The van der Waals surface area contributed by atoms with Gasteiger partial charge in [0, 0.05) is 16.3 Å². The summed E-state index contributed by atoms with van der Waals surface area (Å²) in [6.07, 6.45) is -1.04. The van der Waals surface area contributed by atoms with E-state index in [0.717, 1.165) is 0 Å². The number of carbonyl (C=O) groups is 1. The zero-order valence-electron chi connectivity index (χ0n) is 12.6. The predicted octanol–water partition coefficient (Wildman–Crippen LogP) is 4.75. The van der Waals surface area contributed by atoms with Gasteiger partial charge in [-0.3, -0.25) is 4.79 Å². The van der Waals surface area contributed by atoms with Crippen molar-refractivity contribution in [2.75, 3.05) is 5.32 Å². The van der Waals surface area contributed by atoms with Gasteiger partial charge in [-0.05, 0) is 48.6 Å². The van der Waals surface area contributed by atoms with E-state index >= 15 is 0 Å². The number of hydrogen-bond acceptors (Lipinski definition) is 2. The van der Waals surface area contributed by atoms with Crippen molar-refractivity contribution >= 4 is 75.3 Å². The van der Waals surface area contributed by atoms with Crippen molar-refractivity contribution in [3.8, 4) is 0 Å². The number of halogens is 4. The molecule has 0 spiro atoms. The van der Waals surface area contributed by atoms with Crippen molar-refractivity contribution in [3.63, 3.8) is 0 Å². The fourth-order valence-corrected chi connectivity index (χ4v) is 2.52. The summed E-state index contributed by atoms with van der Waals surface area (Å²) in [6, 6.07) is 15.5. The summed E-state index contributed by atoms with van der Waals surface area (Å²) in [7, 11) is 0. The molecule has 132 valence electrons. The summed E-state index contributed by atoms with van der Waals surface area (Å²) in [5.41, 5.74) is 1.12. The minimum Gasteiger partial charge on any atom is -0.339 e. The third-order valence-corrected chi connectivity index (χ3v) is 4.14. The van der Waals surface area contributed by atoms with E-state index in [1.807, 2.05) is 0 Å². The molecule has 0 aliphatic carbocycles. The van der Waals surface area contributed by atoms with Gasteiger partial charge in [0.2, 0.25) is 3.79 Å². The molecular weight excluding hydrogens is 424 g/mol. The Bertz CT molecular complexity index is 735. The molecule has 3 N–H and O–H groups in total. The molecule has 2 rings (SSSR count). The fourth-order valence-electron chi connectivity index (χ4n) is 1.84. The van der Waals surface area contributed by atoms with Gasteiger partial charge in [0.05, 0.1) is 0 Å². The Labute approximate surface area is 170 Å². The van der Waals surface area contributed by atoms with Crippen LogP contribution < -0.4 is 16.0 Å². The lowest BCUT2D eigenvalue weighted by Gasteiger charge is -2.27. The first-order valence-corrected chi connectivity index (χ1v) is 8.93. The molecule has 0 aliphatic heterocycles. The number of amides is 1. The third kappa shape index (κ3) is 6.53. The van der Waals surface area contributed by atoms with Crippen molar-refractivity contribution in [2.24, 2.45) is 0 Å². The van der Waals surface area contributed by atoms with Gasteiger partial charge in [-0.25, -0.2) is 0 Å². The van der Waals surface area contributed by atoms with Crippen molar-refractivity contribution < 1.29 is 4.79 Å². The quantitative estimate of drug-likeness (QED) is 0.367. The summed E-state index contributed by atoms with van der Waals surface area (Å²) in [5.74, 6) is -0.404. The minimum absolute atomic E-state index is 0.173. The highest BCUT2D eigenvalue weighted by Crippen LogP contribution is 2.29. The summed E-state index contributed by atoms with van der Waals surface area (Å²) in [6.45, 7) is 0. The van der Waals surface area contributed by atoms with Gasteiger partial charge in [0.25, 0.3) is 5.91 Å². The first-order valence-electron chi connectivity index (χ1n) is 7.01. The van der Waals surface area contributed by atoms with Crippen LogP contribution in [0.2, 0.25) is 5.02 Å². The Morgan fingerprint density at radius 2 is 1.56 bits per heavy atom. The summed E-state index contributed by atoms with van der Waals surface area (Å²) in [4.78, 5) is 12.3. The van der Waals surface area contributed by atoms with Gasteiger partial charge in [0.1, 0.15) is 6.17 Å². The molecule has 1 atom stereocenters. The molecule has 9 heteroatoms. The van der Waals surface area contributed by atoms with E-state index in [9.17, 15) is 4.79 Å². The van der Waals surface area contributed by atoms with Crippen molar-refractivity contribution in [3.05, 3.63) is 65.2 Å². The Hall–Kier alpha value is -1.24. The normalized spacial score (nSPS) is 12.2. The average Bonchev–Trinajstić information content (AvgIpc) is 2.56. The molecule has 0 radical (unpaired) electrons. The number of alkyl halides is 3. The number of benzene rings is 2. The Balaban J connectivity index is 2.03. The average molecular weight is 437 g/mol. The van der Waals surface area contributed by atoms with Crippen LogP contribution in [-0.2, 0) is 0 Å². The maximum Gasteiger partial charge on any atom is 0.252 e. The van der Waals surface area contributed by atoms with Crippen LogP contribution in [0.15, 0.2) is 54.6 Å². The Morgan fingerprint density at radius 3 is 2.12 bits per heavy atom. The summed E-state index contributed by atoms with van der Waals surface area (Å²) in [5, 5.41) is 9.07. The van der Waals surface area contributed by atoms with E-state index in [1.54, 1.807) is 54.6 Å². The molecular formula is C16H13Cl4N3OS. The van der Waals surface area contributed by atoms with Crippen molar-refractivity contribution in [1.29, 1.82) is 0 Å². The molecule has 0 aliphatic rings. The second-order valence-corrected chi connectivity index (χ2v) is 8.13. The van der Waals surface area contributed by atoms with Crippen LogP contribution in [0, 0.1) is 0 Å². The van der Waals surface area contributed by atoms with E-state index in [4.69, 9.17) is 58.6 Å². The number of thiocarbonyl (C=S) groups is 1. The predicted molar refractivity (Wildman–Crippen MR) is 109 cm³/mol. The summed E-state index contributed by atoms with van der Waals surface area (Å²) >= 11 is 28.9. The van der Waals surface area contributed by atoms with Crippen molar-refractivity contribution in [1.82, 2.24) is 10.6 Å². The van der Waals surface area contributed by atoms with Crippen LogP contribution >= 0.6 is 58.6 Å². The molecule has 25 heavy (non-hydrogen) atoms. The second-order valence-electron chi connectivity index (χ2n) is 4.92. The molecule has 0 saturated heterocycles. The molecule has 4 nitrogen and oxygen atoms in total. The second kappa shape index (κ2) is 8.92. The van der Waals surface area contributed by atoms with Crippen LogP contribution in [-0.4, -0.2) is 21.0 Å². The molecule has 0 fully saturated rings. The maximum absolute atomic E-state index is 12.3. The van der Waals surface area contributed by atoms with Crippen LogP contribution in [0.4, 0.5) is 5.69 Å². The van der Waals surface area contributed by atoms with Crippen LogP contribution in [0.3, 0.4) is 0 Å². The van der Waals surface area contributed by atoms with Crippen LogP contribution in [0.1, 0.15) is 10.4 Å². The Kier molecular flexibility index (Phi) is 7.16. The number of hydrogen-bond donors (Lipinski definition) is 3. The third-order valence-electron chi connectivity index (χ3n) is 3.02. The first kappa shape index (κ1) is 20.1. The van der Waals surface area contributed by atoms with E-state index in [2.05, 4.69) is 16.0 Å². The molecule has 2 aromatic rings. The lowest BCUT2D eigenvalue weighted by atomic mass is 10.2. The van der Waals surface area contributed by atoms with E-state index < -0.39 is 15.9 Å². The van der Waals surface area contributed by atoms with Gasteiger partial charge in [-0.1, -0.05) is 64.6 Å². The summed E-state index contributed by atoms with van der Waals surface area (Å²) < 4.78 is -1.82. The maximum atomic E-state index is 12.3. The van der Waals surface area contributed by atoms with E-state index in [-0.39, 0.29) is 5.11 Å². The molecule has 0 unspecified atom stereocenters. The zero-order chi connectivity index (χ0) is 18.4. The molecule has 0 heterocycles. The van der Waals surface area contributed by atoms with E-state index in [0.29, 0.717) is 16.3 Å². The number of anilines is 1. The smallest absolute Gasteiger partial charge is 0.252 e. The van der Waals surface area contributed by atoms with Gasteiger partial charge >= 0.3 is 0 Å². The molecule has 1 amide bonds. The Morgan fingerprint density at radius 1 is 0.960 bits per heavy atom. The monoisotopic (exact) mass is 435 g/mol. The topological polar surface area (TPSA) is 53.2 Å². The SMILES string of the molecule is O=C(N[C@H](NC(=S)Nc1ccc(Cl)cc1)C(Cl)(Cl)Cl)c1ccccc1. The largest absolute Gasteiger partial charge is 0.339 e. The highest BCUT2D eigenvalue weighted by Gasteiger charge is 2.34. The fraction of sp³-hybridized carbons (Fsp3) is 0.125. The molecule has 2 aromatic carbocycles. The number of nitrogens with one attached hydrogen (secondary N) is 3. The van der Waals surface area contributed by atoms with Crippen LogP contribution in [0.5, 0.6) is 0 Å². The van der Waals surface area contributed by atoms with Gasteiger partial charge in [0.15, 0.2) is 5.11 Å². The highest BCUT2D eigenvalue weighted by molar-refractivity contribution is 7.80. The standard InChI is InChI=1S/C16H13Cl4N3OS/c17-11-6-8-12(9-7-11)21-15(25)23-14(16(18,19)20)22-13(24)10-4-2-1-3-5-10/h1-9,14H,(H,22,24)(H2,21,23,25)/t14-/m1/s1.